The maximum atomic E-state index is 10.6. The zero-order valence-corrected chi connectivity index (χ0v) is 7.41. The van der Waals surface area contributed by atoms with Gasteiger partial charge in [0, 0.05) is 27.1 Å². The first-order valence-corrected chi connectivity index (χ1v) is 4.02. The van der Waals surface area contributed by atoms with E-state index in [1.165, 1.54) is 6.92 Å². The highest BCUT2D eigenvalue weighted by molar-refractivity contribution is 5.66. The number of rotatable bonds is 2. The summed E-state index contributed by atoms with van der Waals surface area (Å²) >= 11 is 0. The van der Waals surface area contributed by atoms with Crippen LogP contribution in [0.5, 0.6) is 0 Å². The summed E-state index contributed by atoms with van der Waals surface area (Å²) in [6.45, 7) is 2.51. The van der Waals surface area contributed by atoms with Crippen molar-refractivity contribution in [2.24, 2.45) is 0 Å². The summed E-state index contributed by atoms with van der Waals surface area (Å²) in [6, 6.07) is 0. The van der Waals surface area contributed by atoms with Crippen LogP contribution < -0.4 is 0 Å². The van der Waals surface area contributed by atoms with Crippen molar-refractivity contribution in [3.05, 3.63) is 0 Å². The molecule has 2 unspecified atom stereocenters. The minimum Gasteiger partial charge on any atom is -0.457 e. The summed E-state index contributed by atoms with van der Waals surface area (Å²) in [6.07, 6.45) is 0.540. The lowest BCUT2D eigenvalue weighted by molar-refractivity contribution is -0.167. The third-order valence-corrected chi connectivity index (χ3v) is 1.86. The topological polar surface area (TPSA) is 44.8 Å². The predicted octanol–water partition coefficient (Wildman–Crippen LogP) is 0.353. The SMILES string of the molecule is COC1CCOCC1OC(C)=O. The van der Waals surface area contributed by atoms with Crippen LogP contribution in [0, 0.1) is 0 Å². The number of esters is 1. The van der Waals surface area contributed by atoms with Gasteiger partial charge in [-0.15, -0.1) is 0 Å². The highest BCUT2D eigenvalue weighted by Gasteiger charge is 2.27. The Labute approximate surface area is 71.8 Å². The van der Waals surface area contributed by atoms with Gasteiger partial charge in [0.25, 0.3) is 0 Å². The summed E-state index contributed by atoms with van der Waals surface area (Å²) in [5.41, 5.74) is 0. The fourth-order valence-corrected chi connectivity index (χ4v) is 1.28. The van der Waals surface area contributed by atoms with Crippen molar-refractivity contribution < 1.29 is 19.0 Å². The molecular formula is C8H14O4. The lowest BCUT2D eigenvalue weighted by Crippen LogP contribution is -2.40. The van der Waals surface area contributed by atoms with Crippen LogP contribution in [0.25, 0.3) is 0 Å². The van der Waals surface area contributed by atoms with Gasteiger partial charge in [-0.2, -0.15) is 0 Å². The van der Waals surface area contributed by atoms with Crippen LogP contribution >= 0.6 is 0 Å². The largest absolute Gasteiger partial charge is 0.457 e. The van der Waals surface area contributed by atoms with Gasteiger partial charge in [-0.25, -0.2) is 0 Å². The van der Waals surface area contributed by atoms with E-state index in [9.17, 15) is 4.79 Å². The van der Waals surface area contributed by atoms with Crippen molar-refractivity contribution in [1.82, 2.24) is 0 Å². The van der Waals surface area contributed by atoms with E-state index in [4.69, 9.17) is 14.2 Å². The molecule has 0 aromatic heterocycles. The second kappa shape index (κ2) is 4.42. The number of hydrogen-bond acceptors (Lipinski definition) is 4. The number of methoxy groups -OCH3 is 1. The molecule has 0 aromatic carbocycles. The number of ether oxygens (including phenoxy) is 3. The van der Waals surface area contributed by atoms with E-state index in [1.807, 2.05) is 0 Å². The molecule has 0 bridgehead atoms. The molecule has 1 saturated heterocycles. The van der Waals surface area contributed by atoms with Crippen LogP contribution in [0.2, 0.25) is 0 Å². The molecule has 1 aliphatic heterocycles. The first kappa shape index (κ1) is 9.48. The normalized spacial score (nSPS) is 29.8. The van der Waals surface area contributed by atoms with Gasteiger partial charge in [-0.3, -0.25) is 4.79 Å². The van der Waals surface area contributed by atoms with Gasteiger partial charge in [0.05, 0.1) is 12.7 Å². The van der Waals surface area contributed by atoms with E-state index >= 15 is 0 Å². The van der Waals surface area contributed by atoms with E-state index in [-0.39, 0.29) is 18.2 Å². The maximum absolute atomic E-state index is 10.6. The molecule has 2 atom stereocenters. The lowest BCUT2D eigenvalue weighted by atomic mass is 10.1. The van der Waals surface area contributed by atoms with E-state index in [1.54, 1.807) is 7.11 Å². The fraction of sp³-hybridized carbons (Fsp3) is 0.875. The molecule has 1 aliphatic rings. The molecule has 0 amide bonds. The van der Waals surface area contributed by atoms with Crippen LogP contribution in [0.15, 0.2) is 0 Å². The molecule has 70 valence electrons. The molecule has 0 aliphatic carbocycles. The number of carbonyl (C=O) groups is 1. The predicted molar refractivity (Wildman–Crippen MR) is 41.8 cm³/mol. The lowest BCUT2D eigenvalue weighted by Gasteiger charge is -2.29. The first-order chi connectivity index (χ1) is 5.74. The van der Waals surface area contributed by atoms with Crippen LogP contribution in [0.1, 0.15) is 13.3 Å². The smallest absolute Gasteiger partial charge is 0.303 e. The number of carbonyl (C=O) groups excluding carboxylic acids is 1. The molecule has 1 heterocycles. The van der Waals surface area contributed by atoms with Gasteiger partial charge < -0.3 is 14.2 Å². The number of hydrogen-bond donors (Lipinski definition) is 0. The molecular weight excluding hydrogens is 160 g/mol. The Morgan fingerprint density at radius 1 is 1.50 bits per heavy atom. The first-order valence-electron chi connectivity index (χ1n) is 4.02. The molecule has 0 radical (unpaired) electrons. The van der Waals surface area contributed by atoms with E-state index in [2.05, 4.69) is 0 Å². The molecule has 1 fully saturated rings. The van der Waals surface area contributed by atoms with Gasteiger partial charge in [-0.05, 0) is 0 Å². The quantitative estimate of drug-likeness (QED) is 0.567. The van der Waals surface area contributed by atoms with E-state index < -0.39 is 0 Å². The van der Waals surface area contributed by atoms with Crippen molar-refractivity contribution in [1.29, 1.82) is 0 Å². The maximum Gasteiger partial charge on any atom is 0.303 e. The average molecular weight is 174 g/mol. The van der Waals surface area contributed by atoms with Crippen LogP contribution in [0.3, 0.4) is 0 Å². The van der Waals surface area contributed by atoms with Crippen LogP contribution in [0.4, 0.5) is 0 Å². The standard InChI is InChI=1S/C8H14O4/c1-6(9)12-8-5-11-4-3-7(8)10-2/h7-8H,3-5H2,1-2H3. The molecule has 4 nitrogen and oxygen atoms in total. The summed E-state index contributed by atoms with van der Waals surface area (Å²) in [5, 5.41) is 0. The molecule has 4 heteroatoms. The Morgan fingerprint density at radius 2 is 2.25 bits per heavy atom. The third-order valence-electron chi connectivity index (χ3n) is 1.86. The zero-order valence-electron chi connectivity index (χ0n) is 7.41. The second-order valence-corrected chi connectivity index (χ2v) is 2.79. The van der Waals surface area contributed by atoms with Crippen LogP contribution in [-0.4, -0.2) is 38.5 Å². The minimum absolute atomic E-state index is 0.0114. The van der Waals surface area contributed by atoms with Crippen LogP contribution in [-0.2, 0) is 19.0 Å². The molecule has 0 aromatic rings. The van der Waals surface area contributed by atoms with Gasteiger partial charge >= 0.3 is 5.97 Å². The highest BCUT2D eigenvalue weighted by Crippen LogP contribution is 2.14. The zero-order chi connectivity index (χ0) is 8.97. The summed E-state index contributed by atoms with van der Waals surface area (Å²) in [4.78, 5) is 10.6. The molecule has 12 heavy (non-hydrogen) atoms. The summed E-state index contributed by atoms with van der Waals surface area (Å²) in [5.74, 6) is -0.285. The van der Waals surface area contributed by atoms with Crippen molar-refractivity contribution in [2.45, 2.75) is 25.6 Å². The minimum atomic E-state index is -0.285. The fourth-order valence-electron chi connectivity index (χ4n) is 1.28. The monoisotopic (exact) mass is 174 g/mol. The van der Waals surface area contributed by atoms with Gasteiger partial charge in [-0.1, -0.05) is 0 Å². The van der Waals surface area contributed by atoms with Crippen molar-refractivity contribution in [2.75, 3.05) is 20.3 Å². The van der Waals surface area contributed by atoms with Crippen molar-refractivity contribution in [3.8, 4) is 0 Å². The Kier molecular flexibility index (Phi) is 3.49. The Bertz CT molecular complexity index is 157. The van der Waals surface area contributed by atoms with Gasteiger partial charge in [0.1, 0.15) is 0 Å². The Balaban J connectivity index is 2.41. The second-order valence-electron chi connectivity index (χ2n) is 2.79. The van der Waals surface area contributed by atoms with Gasteiger partial charge in [0.2, 0.25) is 0 Å². The van der Waals surface area contributed by atoms with E-state index in [0.29, 0.717) is 13.2 Å². The molecule has 0 N–H and O–H groups in total. The molecule has 0 saturated carbocycles. The Hall–Kier alpha value is -0.610. The third kappa shape index (κ3) is 2.46. The summed E-state index contributed by atoms with van der Waals surface area (Å²) < 4.78 is 15.3. The average Bonchev–Trinajstić information content (AvgIpc) is 2.04. The van der Waals surface area contributed by atoms with E-state index in [0.717, 1.165) is 6.42 Å². The highest BCUT2D eigenvalue weighted by atomic mass is 16.6. The molecule has 1 rings (SSSR count). The van der Waals surface area contributed by atoms with Crippen molar-refractivity contribution in [3.63, 3.8) is 0 Å². The molecule has 0 spiro atoms. The van der Waals surface area contributed by atoms with Crippen molar-refractivity contribution >= 4 is 5.97 Å². The summed E-state index contributed by atoms with van der Waals surface area (Å²) in [7, 11) is 1.62. The van der Waals surface area contributed by atoms with Gasteiger partial charge in [0.15, 0.2) is 6.10 Å². The Morgan fingerprint density at radius 3 is 2.83 bits per heavy atom.